The van der Waals surface area contributed by atoms with Gasteiger partial charge in [-0.05, 0) is 56.0 Å². The summed E-state index contributed by atoms with van der Waals surface area (Å²) in [6, 6.07) is 4.14. The van der Waals surface area contributed by atoms with Crippen molar-refractivity contribution in [3.8, 4) is 0 Å². The van der Waals surface area contributed by atoms with E-state index in [1.54, 1.807) is 6.92 Å². The molecule has 0 radical (unpaired) electrons. The minimum atomic E-state index is -3.57. The van der Waals surface area contributed by atoms with Crippen LogP contribution in [0.1, 0.15) is 12.0 Å². The molecular weight excluding hydrogens is 279 g/mol. The van der Waals surface area contributed by atoms with Crippen LogP contribution < -0.4 is 5.32 Å². The second-order valence-corrected chi connectivity index (χ2v) is 7.68. The predicted molar refractivity (Wildman–Crippen MR) is 74.4 cm³/mol. The molecule has 0 aromatic heterocycles. The third-order valence-corrected chi connectivity index (χ3v) is 6.31. The van der Waals surface area contributed by atoms with Crippen LogP contribution in [-0.4, -0.2) is 38.9 Å². The number of hydrogen-bond acceptors (Lipinski definition) is 3. The average Bonchev–Trinajstić information content (AvgIpc) is 2.89. The lowest BCUT2D eigenvalue weighted by molar-refractivity contribution is 0.228. The quantitative estimate of drug-likeness (QED) is 0.897. The molecule has 2 atom stereocenters. The number of nitrogens with one attached hydrogen (secondary N) is 1. The Hall–Kier alpha value is -0.980. The summed E-state index contributed by atoms with van der Waals surface area (Å²) in [5, 5.41) is 3.31. The van der Waals surface area contributed by atoms with Gasteiger partial charge < -0.3 is 5.32 Å². The van der Waals surface area contributed by atoms with Gasteiger partial charge in [0.1, 0.15) is 5.82 Å². The van der Waals surface area contributed by atoms with Gasteiger partial charge in [-0.1, -0.05) is 6.07 Å². The van der Waals surface area contributed by atoms with Crippen molar-refractivity contribution in [2.24, 2.45) is 11.8 Å². The third-order valence-electron chi connectivity index (χ3n) is 4.45. The second-order valence-electron chi connectivity index (χ2n) is 5.74. The van der Waals surface area contributed by atoms with Gasteiger partial charge in [0.05, 0.1) is 4.90 Å². The van der Waals surface area contributed by atoms with Gasteiger partial charge in [-0.25, -0.2) is 12.8 Å². The zero-order valence-electron chi connectivity index (χ0n) is 11.5. The van der Waals surface area contributed by atoms with Crippen molar-refractivity contribution >= 4 is 10.0 Å². The Morgan fingerprint density at radius 2 is 2.05 bits per heavy atom. The standard InChI is InChI=1S/C14H19FN2O2S/c1-10-2-3-13(6-14(10)15)20(18,19)17-5-4-11-7-16-8-12(11)9-17/h2-3,6,11-12,16H,4-5,7-9H2,1H3. The molecule has 0 saturated carbocycles. The maximum Gasteiger partial charge on any atom is 0.243 e. The van der Waals surface area contributed by atoms with Crippen LogP contribution in [0.4, 0.5) is 4.39 Å². The molecule has 1 N–H and O–H groups in total. The van der Waals surface area contributed by atoms with Crippen LogP contribution in [-0.2, 0) is 10.0 Å². The molecule has 2 aliphatic heterocycles. The molecule has 0 amide bonds. The van der Waals surface area contributed by atoms with E-state index >= 15 is 0 Å². The van der Waals surface area contributed by atoms with Crippen molar-refractivity contribution in [3.05, 3.63) is 29.6 Å². The van der Waals surface area contributed by atoms with E-state index in [4.69, 9.17) is 0 Å². The van der Waals surface area contributed by atoms with E-state index in [0.717, 1.165) is 25.6 Å². The summed E-state index contributed by atoms with van der Waals surface area (Å²) in [7, 11) is -3.57. The van der Waals surface area contributed by atoms with Crippen molar-refractivity contribution < 1.29 is 12.8 Å². The lowest BCUT2D eigenvalue weighted by atomic mass is 9.90. The van der Waals surface area contributed by atoms with Gasteiger partial charge in [-0.2, -0.15) is 4.31 Å². The van der Waals surface area contributed by atoms with Crippen LogP contribution in [0.3, 0.4) is 0 Å². The van der Waals surface area contributed by atoms with Gasteiger partial charge in [0.15, 0.2) is 0 Å². The largest absolute Gasteiger partial charge is 0.316 e. The summed E-state index contributed by atoms with van der Waals surface area (Å²) in [5.74, 6) is 0.494. The number of hydrogen-bond donors (Lipinski definition) is 1. The van der Waals surface area contributed by atoms with Crippen molar-refractivity contribution in [2.45, 2.75) is 18.2 Å². The molecule has 4 nitrogen and oxygen atoms in total. The van der Waals surface area contributed by atoms with E-state index in [0.29, 0.717) is 30.5 Å². The predicted octanol–water partition coefficient (Wildman–Crippen LogP) is 1.36. The highest BCUT2D eigenvalue weighted by atomic mass is 32.2. The van der Waals surface area contributed by atoms with E-state index in [-0.39, 0.29) is 4.90 Å². The number of aryl methyl sites for hydroxylation is 1. The molecule has 1 aromatic rings. The molecule has 2 aliphatic rings. The van der Waals surface area contributed by atoms with Crippen LogP contribution in [0.15, 0.2) is 23.1 Å². The third kappa shape index (κ3) is 2.36. The fourth-order valence-electron chi connectivity index (χ4n) is 3.10. The van der Waals surface area contributed by atoms with Gasteiger partial charge in [0.2, 0.25) is 10.0 Å². The zero-order chi connectivity index (χ0) is 14.3. The normalized spacial score (nSPS) is 27.5. The molecule has 1 aromatic carbocycles. The number of sulfonamides is 1. The van der Waals surface area contributed by atoms with Gasteiger partial charge in [-0.15, -0.1) is 0 Å². The molecule has 20 heavy (non-hydrogen) atoms. The molecule has 0 spiro atoms. The average molecular weight is 298 g/mol. The Kier molecular flexibility index (Phi) is 3.56. The first-order chi connectivity index (χ1) is 9.48. The first kappa shape index (κ1) is 14.0. The Bertz CT molecular complexity index is 618. The molecule has 3 rings (SSSR count). The first-order valence-electron chi connectivity index (χ1n) is 6.95. The van der Waals surface area contributed by atoms with E-state index in [1.165, 1.54) is 16.4 Å². The SMILES string of the molecule is Cc1ccc(S(=O)(=O)N2CCC3CNCC3C2)cc1F. The minimum Gasteiger partial charge on any atom is -0.316 e. The minimum absolute atomic E-state index is 0.0602. The lowest BCUT2D eigenvalue weighted by Crippen LogP contribution is -2.43. The maximum absolute atomic E-state index is 13.6. The van der Waals surface area contributed by atoms with Crippen LogP contribution in [0.2, 0.25) is 0 Å². The fraction of sp³-hybridized carbons (Fsp3) is 0.571. The molecular formula is C14H19FN2O2S. The summed E-state index contributed by atoms with van der Waals surface area (Å²) in [5.41, 5.74) is 0.461. The van der Waals surface area contributed by atoms with Gasteiger partial charge in [-0.3, -0.25) is 0 Å². The summed E-state index contributed by atoms with van der Waals surface area (Å²) >= 11 is 0. The molecule has 2 heterocycles. The summed E-state index contributed by atoms with van der Waals surface area (Å²) in [4.78, 5) is 0.0602. The highest BCUT2D eigenvalue weighted by Gasteiger charge is 2.37. The Labute approximate surface area is 119 Å². The summed E-state index contributed by atoms with van der Waals surface area (Å²) in [6.45, 7) is 4.55. The van der Waals surface area contributed by atoms with Gasteiger partial charge in [0, 0.05) is 13.1 Å². The fourth-order valence-corrected chi connectivity index (χ4v) is 4.63. The molecule has 0 bridgehead atoms. The molecule has 0 aliphatic carbocycles. The molecule has 6 heteroatoms. The van der Waals surface area contributed by atoms with E-state index in [2.05, 4.69) is 5.32 Å². The number of fused-ring (bicyclic) bond motifs is 1. The van der Waals surface area contributed by atoms with Crippen LogP contribution in [0, 0.1) is 24.6 Å². The van der Waals surface area contributed by atoms with Crippen LogP contribution >= 0.6 is 0 Å². The van der Waals surface area contributed by atoms with Crippen molar-refractivity contribution in [2.75, 3.05) is 26.2 Å². The number of rotatable bonds is 2. The van der Waals surface area contributed by atoms with Crippen LogP contribution in [0.25, 0.3) is 0 Å². The number of halogens is 1. The van der Waals surface area contributed by atoms with E-state index < -0.39 is 15.8 Å². The summed E-state index contributed by atoms with van der Waals surface area (Å²) in [6.07, 6.45) is 0.880. The van der Waals surface area contributed by atoms with Gasteiger partial charge in [0.25, 0.3) is 0 Å². The van der Waals surface area contributed by atoms with Crippen LogP contribution in [0.5, 0.6) is 0 Å². The van der Waals surface area contributed by atoms with Crippen molar-refractivity contribution in [1.29, 1.82) is 0 Å². The first-order valence-corrected chi connectivity index (χ1v) is 8.39. The molecule has 110 valence electrons. The zero-order valence-corrected chi connectivity index (χ0v) is 12.3. The number of piperidine rings is 1. The molecule has 2 saturated heterocycles. The number of nitrogens with zero attached hydrogens (tertiary/aromatic N) is 1. The maximum atomic E-state index is 13.6. The Morgan fingerprint density at radius 1 is 1.30 bits per heavy atom. The van der Waals surface area contributed by atoms with E-state index in [1.807, 2.05) is 0 Å². The van der Waals surface area contributed by atoms with E-state index in [9.17, 15) is 12.8 Å². The highest BCUT2D eigenvalue weighted by molar-refractivity contribution is 7.89. The van der Waals surface area contributed by atoms with Crippen molar-refractivity contribution in [3.63, 3.8) is 0 Å². The summed E-state index contributed by atoms with van der Waals surface area (Å²) < 4.78 is 40.3. The smallest absolute Gasteiger partial charge is 0.243 e. The Morgan fingerprint density at radius 3 is 2.80 bits per heavy atom. The second kappa shape index (κ2) is 5.09. The topological polar surface area (TPSA) is 49.4 Å². The van der Waals surface area contributed by atoms with Crippen molar-refractivity contribution in [1.82, 2.24) is 9.62 Å². The molecule has 2 unspecified atom stereocenters. The highest BCUT2D eigenvalue weighted by Crippen LogP contribution is 2.30. The number of benzene rings is 1. The van der Waals surface area contributed by atoms with Gasteiger partial charge >= 0.3 is 0 Å². The lowest BCUT2D eigenvalue weighted by Gasteiger charge is -2.33. The Balaban J connectivity index is 1.86. The monoisotopic (exact) mass is 298 g/mol. The molecule has 2 fully saturated rings.